The molecule has 2 rings (SSSR count). The van der Waals surface area contributed by atoms with Crippen LogP contribution in [0.5, 0.6) is 0 Å². The molecule has 16 heavy (non-hydrogen) atoms. The Kier molecular flexibility index (Phi) is 3.49. The van der Waals surface area contributed by atoms with Gasteiger partial charge in [0.05, 0.1) is 18.2 Å². The molecule has 2 N–H and O–H groups in total. The highest BCUT2D eigenvalue weighted by Gasteiger charge is 2.09. The van der Waals surface area contributed by atoms with E-state index in [1.807, 2.05) is 37.3 Å². The number of para-hydroxylation sites is 1. The van der Waals surface area contributed by atoms with Gasteiger partial charge in [-0.25, -0.2) is 0 Å². The molecule has 1 unspecified atom stereocenters. The number of fused-ring (bicyclic) bond motifs is 1. The Morgan fingerprint density at radius 2 is 2.12 bits per heavy atom. The molecule has 1 atom stereocenters. The number of hydrogen-bond donors (Lipinski definition) is 1. The van der Waals surface area contributed by atoms with Gasteiger partial charge in [0.25, 0.3) is 0 Å². The van der Waals surface area contributed by atoms with Gasteiger partial charge in [0.1, 0.15) is 0 Å². The van der Waals surface area contributed by atoms with Crippen LogP contribution in [-0.2, 0) is 4.74 Å². The molecular weight excluding hydrogens is 200 g/mol. The number of hydrogen-bond acceptors (Lipinski definition) is 3. The number of nitrogens with two attached hydrogens (primary N) is 1. The maximum atomic E-state index is 6.09. The fourth-order valence-corrected chi connectivity index (χ4v) is 1.78. The topological polar surface area (TPSA) is 48.1 Å². The molecule has 0 saturated heterocycles. The number of ether oxygens (including phenoxy) is 1. The highest BCUT2D eigenvalue weighted by atomic mass is 16.5. The molecule has 1 heterocycles. The zero-order chi connectivity index (χ0) is 11.4. The predicted molar refractivity (Wildman–Crippen MR) is 65.2 cm³/mol. The SMILES string of the molecule is CCOCC(N)c1ccnc2ccccc12. The van der Waals surface area contributed by atoms with E-state index in [2.05, 4.69) is 4.98 Å². The van der Waals surface area contributed by atoms with Crippen molar-refractivity contribution in [2.45, 2.75) is 13.0 Å². The van der Waals surface area contributed by atoms with Crippen molar-refractivity contribution in [2.24, 2.45) is 5.73 Å². The summed E-state index contributed by atoms with van der Waals surface area (Å²) in [5, 5.41) is 1.11. The molecule has 0 spiro atoms. The first kappa shape index (κ1) is 11.0. The molecule has 1 aromatic heterocycles. The average molecular weight is 216 g/mol. The van der Waals surface area contributed by atoms with Crippen LogP contribution in [0.1, 0.15) is 18.5 Å². The molecule has 3 heteroatoms. The quantitative estimate of drug-likeness (QED) is 0.852. The van der Waals surface area contributed by atoms with Gasteiger partial charge in [-0.2, -0.15) is 0 Å². The molecule has 84 valence electrons. The summed E-state index contributed by atoms with van der Waals surface area (Å²) in [7, 11) is 0. The van der Waals surface area contributed by atoms with Crippen molar-refractivity contribution in [3.05, 3.63) is 42.1 Å². The summed E-state index contributed by atoms with van der Waals surface area (Å²) in [6, 6.07) is 9.89. The van der Waals surface area contributed by atoms with Gasteiger partial charge >= 0.3 is 0 Å². The standard InChI is InChI=1S/C13H16N2O/c1-2-16-9-12(14)10-7-8-15-13-6-4-3-5-11(10)13/h3-8,12H,2,9,14H2,1H3. The van der Waals surface area contributed by atoms with Gasteiger partial charge in [0.2, 0.25) is 0 Å². The van der Waals surface area contributed by atoms with Crippen LogP contribution >= 0.6 is 0 Å². The molecule has 0 amide bonds. The summed E-state index contributed by atoms with van der Waals surface area (Å²) < 4.78 is 5.35. The Balaban J connectivity index is 2.36. The van der Waals surface area contributed by atoms with Gasteiger partial charge in [0, 0.05) is 18.2 Å². The zero-order valence-electron chi connectivity index (χ0n) is 9.39. The van der Waals surface area contributed by atoms with Gasteiger partial charge < -0.3 is 10.5 Å². The Bertz CT molecular complexity index is 465. The van der Waals surface area contributed by atoms with Crippen LogP contribution in [0.15, 0.2) is 36.5 Å². The van der Waals surface area contributed by atoms with Crippen LogP contribution in [0.3, 0.4) is 0 Å². The minimum atomic E-state index is -0.0900. The third kappa shape index (κ3) is 2.21. The van der Waals surface area contributed by atoms with Gasteiger partial charge in [-0.1, -0.05) is 18.2 Å². The van der Waals surface area contributed by atoms with Crippen LogP contribution in [0.25, 0.3) is 10.9 Å². The third-order valence-electron chi connectivity index (χ3n) is 2.58. The lowest BCUT2D eigenvalue weighted by Gasteiger charge is -2.13. The molecule has 0 aliphatic rings. The smallest absolute Gasteiger partial charge is 0.0705 e. The first-order valence-electron chi connectivity index (χ1n) is 5.50. The van der Waals surface area contributed by atoms with Crippen LogP contribution in [0.2, 0.25) is 0 Å². The molecule has 0 aliphatic heterocycles. The lowest BCUT2D eigenvalue weighted by Crippen LogP contribution is -2.17. The average Bonchev–Trinajstić information content (AvgIpc) is 2.35. The van der Waals surface area contributed by atoms with E-state index in [0.29, 0.717) is 13.2 Å². The summed E-state index contributed by atoms with van der Waals surface area (Å²) in [5.74, 6) is 0. The van der Waals surface area contributed by atoms with Crippen molar-refractivity contribution < 1.29 is 4.74 Å². The number of rotatable bonds is 4. The Hall–Kier alpha value is -1.45. The Morgan fingerprint density at radius 3 is 2.94 bits per heavy atom. The van der Waals surface area contributed by atoms with E-state index < -0.39 is 0 Å². The van der Waals surface area contributed by atoms with Crippen LogP contribution in [0.4, 0.5) is 0 Å². The lowest BCUT2D eigenvalue weighted by molar-refractivity contribution is 0.134. The molecule has 1 aromatic carbocycles. The first-order chi connectivity index (χ1) is 7.83. The lowest BCUT2D eigenvalue weighted by atomic mass is 10.0. The molecule has 0 bridgehead atoms. The number of aromatic nitrogens is 1. The second-order valence-electron chi connectivity index (χ2n) is 3.68. The monoisotopic (exact) mass is 216 g/mol. The second-order valence-corrected chi connectivity index (χ2v) is 3.68. The highest BCUT2D eigenvalue weighted by Crippen LogP contribution is 2.21. The van der Waals surface area contributed by atoms with E-state index in [1.165, 1.54) is 0 Å². The number of pyridine rings is 1. The van der Waals surface area contributed by atoms with Crippen molar-refractivity contribution in [1.82, 2.24) is 4.98 Å². The van der Waals surface area contributed by atoms with Gasteiger partial charge in [-0.05, 0) is 24.6 Å². The summed E-state index contributed by atoms with van der Waals surface area (Å²) in [5.41, 5.74) is 8.17. The van der Waals surface area contributed by atoms with Crippen LogP contribution in [0, 0.1) is 0 Å². The summed E-state index contributed by atoms with van der Waals surface area (Å²) >= 11 is 0. The molecule has 3 nitrogen and oxygen atoms in total. The largest absolute Gasteiger partial charge is 0.380 e. The Morgan fingerprint density at radius 1 is 1.31 bits per heavy atom. The van der Waals surface area contributed by atoms with Crippen molar-refractivity contribution in [1.29, 1.82) is 0 Å². The second kappa shape index (κ2) is 5.05. The summed E-state index contributed by atoms with van der Waals surface area (Å²) in [6.07, 6.45) is 1.80. The molecule has 0 aliphatic carbocycles. The third-order valence-corrected chi connectivity index (χ3v) is 2.58. The van der Waals surface area contributed by atoms with E-state index >= 15 is 0 Å². The zero-order valence-corrected chi connectivity index (χ0v) is 9.39. The fourth-order valence-electron chi connectivity index (χ4n) is 1.78. The highest BCUT2D eigenvalue weighted by molar-refractivity contribution is 5.82. The van der Waals surface area contributed by atoms with Gasteiger partial charge in [-0.3, -0.25) is 4.98 Å². The Labute approximate surface area is 95.2 Å². The molecular formula is C13H16N2O. The molecule has 0 radical (unpaired) electrons. The summed E-state index contributed by atoms with van der Waals surface area (Å²) in [6.45, 7) is 3.21. The van der Waals surface area contributed by atoms with Crippen molar-refractivity contribution in [2.75, 3.05) is 13.2 Å². The number of benzene rings is 1. The molecule has 0 fully saturated rings. The first-order valence-corrected chi connectivity index (χ1v) is 5.50. The minimum Gasteiger partial charge on any atom is -0.380 e. The van der Waals surface area contributed by atoms with Crippen molar-refractivity contribution in [3.8, 4) is 0 Å². The molecule has 2 aromatic rings. The number of nitrogens with zero attached hydrogens (tertiary/aromatic N) is 1. The van der Waals surface area contributed by atoms with Gasteiger partial charge in [0.15, 0.2) is 0 Å². The molecule has 0 saturated carbocycles. The summed E-state index contributed by atoms with van der Waals surface area (Å²) in [4.78, 5) is 4.31. The minimum absolute atomic E-state index is 0.0900. The van der Waals surface area contributed by atoms with Gasteiger partial charge in [-0.15, -0.1) is 0 Å². The van der Waals surface area contributed by atoms with Crippen LogP contribution < -0.4 is 5.73 Å². The van der Waals surface area contributed by atoms with Crippen molar-refractivity contribution in [3.63, 3.8) is 0 Å². The maximum absolute atomic E-state index is 6.09. The maximum Gasteiger partial charge on any atom is 0.0705 e. The van der Waals surface area contributed by atoms with E-state index in [4.69, 9.17) is 10.5 Å². The fraction of sp³-hybridized carbons (Fsp3) is 0.308. The van der Waals surface area contributed by atoms with E-state index in [9.17, 15) is 0 Å². The van der Waals surface area contributed by atoms with Crippen LogP contribution in [-0.4, -0.2) is 18.2 Å². The van der Waals surface area contributed by atoms with E-state index in [-0.39, 0.29) is 6.04 Å². The van der Waals surface area contributed by atoms with E-state index in [1.54, 1.807) is 6.20 Å². The predicted octanol–water partition coefficient (Wildman–Crippen LogP) is 2.27. The van der Waals surface area contributed by atoms with Crippen molar-refractivity contribution >= 4 is 10.9 Å². The van der Waals surface area contributed by atoms with E-state index in [0.717, 1.165) is 16.5 Å². The normalized spacial score (nSPS) is 12.9.